The summed E-state index contributed by atoms with van der Waals surface area (Å²) in [5, 5.41) is 5.61. The first-order valence-corrected chi connectivity index (χ1v) is 8.74. The van der Waals surface area contributed by atoms with Crippen LogP contribution in [0.2, 0.25) is 5.15 Å². The Morgan fingerprint density at radius 1 is 1.30 bits per heavy atom. The summed E-state index contributed by atoms with van der Waals surface area (Å²) in [5.41, 5.74) is 1.49. The lowest BCUT2D eigenvalue weighted by Crippen LogP contribution is -2.19. The molecule has 114 valence electrons. The highest BCUT2D eigenvalue weighted by molar-refractivity contribution is 8.18. The van der Waals surface area contributed by atoms with E-state index in [9.17, 15) is 4.79 Å². The van der Waals surface area contributed by atoms with E-state index in [0.717, 1.165) is 10.6 Å². The van der Waals surface area contributed by atoms with Gasteiger partial charge in [0.05, 0.1) is 16.3 Å². The van der Waals surface area contributed by atoms with Crippen molar-refractivity contribution in [3.8, 4) is 0 Å². The molecule has 3 aromatic rings. The number of hydrogen-bond acceptors (Lipinski definition) is 5. The van der Waals surface area contributed by atoms with E-state index in [1.54, 1.807) is 6.08 Å². The van der Waals surface area contributed by atoms with Crippen molar-refractivity contribution in [2.45, 2.75) is 0 Å². The van der Waals surface area contributed by atoms with Crippen LogP contribution < -0.4 is 5.32 Å². The number of carbonyl (C=O) groups is 1. The van der Waals surface area contributed by atoms with Crippen molar-refractivity contribution < 1.29 is 4.79 Å². The molecule has 23 heavy (non-hydrogen) atoms. The number of halogens is 1. The van der Waals surface area contributed by atoms with Crippen molar-refractivity contribution in [3.05, 3.63) is 57.7 Å². The molecular weight excluding hydrogens is 352 g/mol. The summed E-state index contributed by atoms with van der Waals surface area (Å²) in [4.78, 5) is 22.1. The van der Waals surface area contributed by atoms with Gasteiger partial charge in [-0.25, -0.2) is 9.98 Å². The van der Waals surface area contributed by atoms with Crippen LogP contribution in [0.4, 0.5) is 5.69 Å². The maximum Gasteiger partial charge on any atom is 0.264 e. The second-order valence-electron chi connectivity index (χ2n) is 4.66. The zero-order valence-corrected chi connectivity index (χ0v) is 14.0. The van der Waals surface area contributed by atoms with E-state index in [4.69, 9.17) is 11.6 Å². The normalized spacial score (nSPS) is 18.2. The van der Waals surface area contributed by atoms with E-state index in [2.05, 4.69) is 15.3 Å². The van der Waals surface area contributed by atoms with Gasteiger partial charge in [-0.1, -0.05) is 29.8 Å². The number of para-hydroxylation sites is 1. The molecule has 0 saturated carbocycles. The monoisotopic (exact) mass is 360 g/mol. The number of thiazole rings is 1. The van der Waals surface area contributed by atoms with Gasteiger partial charge in [-0.15, -0.1) is 11.3 Å². The van der Waals surface area contributed by atoms with Crippen molar-refractivity contribution >= 4 is 62.5 Å². The average molecular weight is 361 g/mol. The predicted octanol–water partition coefficient (Wildman–Crippen LogP) is 3.94. The predicted molar refractivity (Wildman–Crippen MR) is 95.3 cm³/mol. The van der Waals surface area contributed by atoms with Gasteiger partial charge in [0.1, 0.15) is 0 Å². The summed E-state index contributed by atoms with van der Waals surface area (Å²) in [6, 6.07) is 9.48. The maximum atomic E-state index is 12.1. The Labute approximate surface area is 144 Å². The lowest BCUT2D eigenvalue weighted by atomic mass is 10.3. The molecule has 3 heterocycles. The van der Waals surface area contributed by atoms with Gasteiger partial charge in [0.25, 0.3) is 5.91 Å². The minimum atomic E-state index is -0.189. The molecule has 2 aromatic heterocycles. The summed E-state index contributed by atoms with van der Waals surface area (Å²) >= 11 is 8.94. The summed E-state index contributed by atoms with van der Waals surface area (Å²) in [5.74, 6) is -0.189. The molecule has 1 aliphatic heterocycles. The Bertz CT molecular complexity index is 958. The Morgan fingerprint density at radius 2 is 2.13 bits per heavy atom. The highest BCUT2D eigenvalue weighted by Crippen LogP contribution is 2.30. The lowest BCUT2D eigenvalue weighted by molar-refractivity contribution is -0.115. The topological polar surface area (TPSA) is 58.8 Å². The number of hydrogen-bond donors (Lipinski definition) is 1. The summed E-state index contributed by atoms with van der Waals surface area (Å²) in [6.07, 6.45) is 3.62. The fourth-order valence-electron chi connectivity index (χ4n) is 2.13. The Balaban J connectivity index is 1.68. The van der Waals surface area contributed by atoms with Gasteiger partial charge in [0, 0.05) is 11.6 Å². The molecule has 1 amide bonds. The number of amides is 1. The standard InChI is InChI=1S/C15H9ClN4OS2/c16-12-10(20-6-7-22-15(20)18-12)8-11-13(21)19-14(23-11)17-9-4-2-1-3-5-9/h1-8H,(H,17,19,21). The molecule has 0 unspecified atom stereocenters. The zero-order chi connectivity index (χ0) is 15.8. The van der Waals surface area contributed by atoms with Crippen LogP contribution >= 0.6 is 34.7 Å². The maximum absolute atomic E-state index is 12.1. The second kappa shape index (κ2) is 5.84. The summed E-state index contributed by atoms with van der Waals surface area (Å²) < 4.78 is 1.86. The SMILES string of the molecule is O=C1NC(=Nc2ccccc2)SC1=Cc1c(Cl)nc2sccn12. The lowest BCUT2D eigenvalue weighted by Gasteiger charge is -1.95. The number of amidine groups is 1. The van der Waals surface area contributed by atoms with Gasteiger partial charge in [-0.2, -0.15) is 0 Å². The van der Waals surface area contributed by atoms with E-state index in [1.807, 2.05) is 46.3 Å². The smallest absolute Gasteiger partial charge is 0.264 e. The van der Waals surface area contributed by atoms with Crippen LogP contribution in [-0.2, 0) is 4.79 Å². The van der Waals surface area contributed by atoms with Gasteiger partial charge in [-0.05, 0) is 30.0 Å². The van der Waals surface area contributed by atoms with Crippen molar-refractivity contribution in [1.82, 2.24) is 14.7 Å². The summed E-state index contributed by atoms with van der Waals surface area (Å²) in [6.45, 7) is 0. The zero-order valence-electron chi connectivity index (χ0n) is 11.6. The number of nitrogens with zero attached hydrogens (tertiary/aromatic N) is 3. The largest absolute Gasteiger partial charge is 0.300 e. The third kappa shape index (κ3) is 2.78. The number of thioether (sulfide) groups is 1. The molecule has 0 atom stereocenters. The number of imidazole rings is 1. The van der Waals surface area contributed by atoms with Crippen LogP contribution in [0.5, 0.6) is 0 Å². The summed E-state index contributed by atoms with van der Waals surface area (Å²) in [7, 11) is 0. The number of benzene rings is 1. The highest BCUT2D eigenvalue weighted by Gasteiger charge is 2.25. The molecule has 0 radical (unpaired) electrons. The molecule has 1 saturated heterocycles. The Hall–Kier alpha value is -2.09. The van der Waals surface area contributed by atoms with Crippen molar-refractivity contribution in [1.29, 1.82) is 0 Å². The fraction of sp³-hybridized carbons (Fsp3) is 0. The van der Waals surface area contributed by atoms with Gasteiger partial charge < -0.3 is 5.32 Å². The van der Waals surface area contributed by atoms with Crippen LogP contribution in [-0.4, -0.2) is 20.5 Å². The van der Waals surface area contributed by atoms with E-state index in [-0.39, 0.29) is 5.91 Å². The molecular formula is C15H9ClN4OS2. The van der Waals surface area contributed by atoms with Crippen molar-refractivity contribution in [3.63, 3.8) is 0 Å². The van der Waals surface area contributed by atoms with E-state index in [0.29, 0.717) is 20.9 Å². The van der Waals surface area contributed by atoms with Crippen LogP contribution in [0.1, 0.15) is 5.69 Å². The van der Waals surface area contributed by atoms with E-state index in [1.165, 1.54) is 23.1 Å². The van der Waals surface area contributed by atoms with Gasteiger partial charge in [-0.3, -0.25) is 9.20 Å². The number of aromatic nitrogens is 2. The minimum Gasteiger partial charge on any atom is -0.300 e. The molecule has 1 N–H and O–H groups in total. The van der Waals surface area contributed by atoms with Crippen LogP contribution in [0.25, 0.3) is 11.0 Å². The molecule has 0 aliphatic carbocycles. The van der Waals surface area contributed by atoms with Crippen LogP contribution in [0.3, 0.4) is 0 Å². The third-order valence-electron chi connectivity index (χ3n) is 3.16. The van der Waals surface area contributed by atoms with E-state index < -0.39 is 0 Å². The molecule has 5 nitrogen and oxygen atoms in total. The first-order chi connectivity index (χ1) is 11.2. The Kier molecular flexibility index (Phi) is 3.68. The molecule has 1 fully saturated rings. The fourth-order valence-corrected chi connectivity index (χ4v) is 3.94. The molecule has 8 heteroatoms. The molecule has 0 bridgehead atoms. The first-order valence-electron chi connectivity index (χ1n) is 6.66. The number of aliphatic imine (C=N–C) groups is 1. The first kappa shape index (κ1) is 14.5. The Morgan fingerprint density at radius 3 is 2.96 bits per heavy atom. The number of fused-ring (bicyclic) bond motifs is 1. The molecule has 1 aromatic carbocycles. The molecule has 1 aliphatic rings. The number of nitrogens with one attached hydrogen (secondary N) is 1. The minimum absolute atomic E-state index is 0.189. The van der Waals surface area contributed by atoms with Crippen LogP contribution in [0, 0.1) is 0 Å². The molecule has 0 spiro atoms. The van der Waals surface area contributed by atoms with Crippen LogP contribution in [0.15, 0.2) is 51.8 Å². The highest BCUT2D eigenvalue weighted by atomic mass is 35.5. The number of rotatable bonds is 2. The van der Waals surface area contributed by atoms with Gasteiger partial charge >= 0.3 is 0 Å². The quantitative estimate of drug-likeness (QED) is 0.704. The van der Waals surface area contributed by atoms with E-state index >= 15 is 0 Å². The van der Waals surface area contributed by atoms with Gasteiger partial charge in [0.2, 0.25) is 0 Å². The van der Waals surface area contributed by atoms with Crippen molar-refractivity contribution in [2.24, 2.45) is 4.99 Å². The second-order valence-corrected chi connectivity index (χ2v) is 6.92. The third-order valence-corrected chi connectivity index (χ3v) is 5.10. The van der Waals surface area contributed by atoms with Crippen molar-refractivity contribution in [2.75, 3.05) is 0 Å². The van der Waals surface area contributed by atoms with Gasteiger partial charge in [0.15, 0.2) is 15.3 Å². The number of carbonyl (C=O) groups excluding carboxylic acids is 1. The molecule has 4 rings (SSSR count). The average Bonchev–Trinajstić information content (AvgIpc) is 3.19.